The summed E-state index contributed by atoms with van der Waals surface area (Å²) in [6, 6.07) is 9.45. The van der Waals surface area contributed by atoms with Crippen molar-refractivity contribution in [3.63, 3.8) is 0 Å². The summed E-state index contributed by atoms with van der Waals surface area (Å²) in [6.07, 6.45) is 1.89. The van der Waals surface area contributed by atoms with Gasteiger partial charge in [0, 0.05) is 16.2 Å². The van der Waals surface area contributed by atoms with E-state index in [0.29, 0.717) is 11.3 Å². The van der Waals surface area contributed by atoms with Crippen LogP contribution in [0.15, 0.2) is 41.0 Å². The zero-order valence-corrected chi connectivity index (χ0v) is 11.8. The van der Waals surface area contributed by atoms with Gasteiger partial charge in [-0.05, 0) is 46.3 Å². The largest absolute Gasteiger partial charge is 0.497 e. The highest BCUT2D eigenvalue weighted by atomic mass is 79.9. The molecule has 0 bridgehead atoms. The fourth-order valence-electron chi connectivity index (χ4n) is 1.92. The molecule has 2 N–H and O–H groups in total. The molecule has 0 saturated carbocycles. The average molecular weight is 319 g/mol. The molecule has 0 spiro atoms. The Morgan fingerprint density at radius 1 is 1.21 bits per heavy atom. The molecule has 0 saturated heterocycles. The van der Waals surface area contributed by atoms with E-state index in [9.17, 15) is 0 Å². The molecule has 6 heteroatoms. The van der Waals surface area contributed by atoms with Gasteiger partial charge in [0.2, 0.25) is 0 Å². The van der Waals surface area contributed by atoms with Gasteiger partial charge in [0.25, 0.3) is 0 Å². The van der Waals surface area contributed by atoms with Gasteiger partial charge in [0.05, 0.1) is 12.8 Å². The van der Waals surface area contributed by atoms with Crippen molar-refractivity contribution in [2.75, 3.05) is 12.8 Å². The predicted molar refractivity (Wildman–Crippen MR) is 77.1 cm³/mol. The Bertz CT molecular complexity index is 736. The molecular formula is C13H11BrN4O. The second-order valence-electron chi connectivity index (χ2n) is 4.06. The second kappa shape index (κ2) is 4.55. The van der Waals surface area contributed by atoms with E-state index in [1.807, 2.05) is 40.9 Å². The van der Waals surface area contributed by atoms with Crippen LogP contribution in [0.2, 0.25) is 0 Å². The number of aromatic nitrogens is 3. The van der Waals surface area contributed by atoms with E-state index >= 15 is 0 Å². The number of hydrogen-bond acceptors (Lipinski definition) is 4. The van der Waals surface area contributed by atoms with Gasteiger partial charge in [-0.25, -0.2) is 0 Å². The molecule has 2 aromatic heterocycles. The van der Waals surface area contributed by atoms with E-state index in [1.165, 1.54) is 0 Å². The van der Waals surface area contributed by atoms with Crippen LogP contribution in [0.1, 0.15) is 0 Å². The Balaban J connectivity index is 2.19. The van der Waals surface area contributed by atoms with Crippen molar-refractivity contribution in [3.05, 3.63) is 41.0 Å². The number of nitrogens with zero attached hydrogens (tertiary/aromatic N) is 3. The third-order valence-electron chi connectivity index (χ3n) is 2.85. The van der Waals surface area contributed by atoms with Crippen LogP contribution in [0.3, 0.4) is 0 Å². The van der Waals surface area contributed by atoms with E-state index in [0.717, 1.165) is 21.6 Å². The molecule has 0 aliphatic rings. The Morgan fingerprint density at radius 2 is 1.95 bits per heavy atom. The van der Waals surface area contributed by atoms with E-state index in [2.05, 4.69) is 26.1 Å². The molecule has 0 radical (unpaired) electrons. The maximum atomic E-state index is 5.92. The van der Waals surface area contributed by atoms with E-state index in [1.54, 1.807) is 7.11 Å². The van der Waals surface area contributed by atoms with Gasteiger partial charge >= 0.3 is 0 Å². The summed E-state index contributed by atoms with van der Waals surface area (Å²) in [6.45, 7) is 0. The summed E-state index contributed by atoms with van der Waals surface area (Å²) in [5.74, 6) is 1.55. The number of pyridine rings is 1. The van der Waals surface area contributed by atoms with Crippen LogP contribution in [0.5, 0.6) is 5.75 Å². The van der Waals surface area contributed by atoms with Crippen LogP contribution in [-0.4, -0.2) is 21.7 Å². The molecule has 0 atom stereocenters. The third-order valence-corrected chi connectivity index (χ3v) is 3.28. The smallest absolute Gasteiger partial charge is 0.184 e. The maximum absolute atomic E-state index is 5.92. The van der Waals surface area contributed by atoms with Gasteiger partial charge < -0.3 is 10.5 Å². The van der Waals surface area contributed by atoms with Crippen LogP contribution in [-0.2, 0) is 0 Å². The van der Waals surface area contributed by atoms with Crippen molar-refractivity contribution < 1.29 is 4.74 Å². The van der Waals surface area contributed by atoms with E-state index < -0.39 is 0 Å². The number of rotatable bonds is 2. The van der Waals surface area contributed by atoms with Gasteiger partial charge in [-0.2, -0.15) is 0 Å². The summed E-state index contributed by atoms with van der Waals surface area (Å²) < 4.78 is 7.89. The number of fused-ring (bicyclic) bond motifs is 1. The number of benzene rings is 1. The fourth-order valence-corrected chi connectivity index (χ4v) is 2.37. The van der Waals surface area contributed by atoms with Crippen molar-refractivity contribution in [2.24, 2.45) is 0 Å². The standard InChI is InChI=1S/C13H11BrN4O/c1-19-10-4-2-8(3-5-10)12-16-17-13-11(15)6-9(14)7-18(12)13/h2-7H,15H2,1H3. The predicted octanol–water partition coefficient (Wildman–Crippen LogP) is 2.75. The first-order valence-electron chi connectivity index (χ1n) is 5.63. The molecule has 0 aliphatic carbocycles. The first-order chi connectivity index (χ1) is 9.19. The van der Waals surface area contributed by atoms with Gasteiger partial charge in [0.1, 0.15) is 5.75 Å². The molecule has 0 unspecified atom stereocenters. The van der Waals surface area contributed by atoms with Gasteiger partial charge in [-0.15, -0.1) is 10.2 Å². The Morgan fingerprint density at radius 3 is 2.63 bits per heavy atom. The molecule has 0 fully saturated rings. The van der Waals surface area contributed by atoms with Crippen LogP contribution in [0, 0.1) is 0 Å². The van der Waals surface area contributed by atoms with Crippen LogP contribution < -0.4 is 10.5 Å². The average Bonchev–Trinajstić information content (AvgIpc) is 2.83. The minimum Gasteiger partial charge on any atom is -0.497 e. The van der Waals surface area contributed by atoms with Crippen molar-refractivity contribution in [1.29, 1.82) is 0 Å². The highest BCUT2D eigenvalue weighted by Gasteiger charge is 2.11. The van der Waals surface area contributed by atoms with Gasteiger partial charge in [0.15, 0.2) is 11.5 Å². The van der Waals surface area contributed by atoms with Crippen molar-refractivity contribution in [3.8, 4) is 17.1 Å². The minimum atomic E-state index is 0.585. The molecule has 0 aliphatic heterocycles. The van der Waals surface area contributed by atoms with Crippen molar-refractivity contribution in [2.45, 2.75) is 0 Å². The normalized spacial score (nSPS) is 10.8. The van der Waals surface area contributed by atoms with Crippen LogP contribution in [0.25, 0.3) is 17.0 Å². The molecule has 3 aromatic rings. The number of halogens is 1. The molecule has 0 amide bonds. The van der Waals surface area contributed by atoms with Crippen LogP contribution >= 0.6 is 15.9 Å². The van der Waals surface area contributed by atoms with E-state index in [4.69, 9.17) is 10.5 Å². The Kier molecular flexibility index (Phi) is 2.87. The number of methoxy groups -OCH3 is 1. The zero-order chi connectivity index (χ0) is 13.4. The molecule has 3 rings (SSSR count). The SMILES string of the molecule is COc1ccc(-c2nnc3c(N)cc(Br)cn23)cc1. The summed E-state index contributed by atoms with van der Waals surface area (Å²) in [7, 11) is 1.64. The number of nitrogen functional groups attached to an aromatic ring is 1. The fraction of sp³-hybridized carbons (Fsp3) is 0.0769. The Hall–Kier alpha value is -2.08. The number of ether oxygens (including phenoxy) is 1. The van der Waals surface area contributed by atoms with Crippen LogP contribution in [0.4, 0.5) is 5.69 Å². The molecule has 19 heavy (non-hydrogen) atoms. The Labute approximate surface area is 118 Å². The molecular weight excluding hydrogens is 308 g/mol. The number of hydrogen-bond donors (Lipinski definition) is 1. The monoisotopic (exact) mass is 318 g/mol. The van der Waals surface area contributed by atoms with Crippen molar-refractivity contribution >= 4 is 27.3 Å². The van der Waals surface area contributed by atoms with Gasteiger partial charge in [-0.1, -0.05) is 0 Å². The maximum Gasteiger partial charge on any atom is 0.184 e. The molecule has 2 heterocycles. The molecule has 1 aromatic carbocycles. The lowest BCUT2D eigenvalue weighted by Gasteiger charge is -2.04. The summed E-state index contributed by atoms with van der Waals surface area (Å²) >= 11 is 3.42. The van der Waals surface area contributed by atoms with Gasteiger partial charge in [-0.3, -0.25) is 4.40 Å². The second-order valence-corrected chi connectivity index (χ2v) is 4.98. The molecule has 96 valence electrons. The quantitative estimate of drug-likeness (QED) is 0.789. The first-order valence-corrected chi connectivity index (χ1v) is 6.42. The summed E-state index contributed by atoms with van der Waals surface area (Å²) in [5.41, 5.74) is 8.10. The minimum absolute atomic E-state index is 0.585. The molecule has 5 nitrogen and oxygen atoms in total. The first kappa shape index (κ1) is 12.0. The lowest BCUT2D eigenvalue weighted by Crippen LogP contribution is -1.94. The highest BCUT2D eigenvalue weighted by Crippen LogP contribution is 2.25. The summed E-state index contributed by atoms with van der Waals surface area (Å²) in [5, 5.41) is 8.31. The topological polar surface area (TPSA) is 65.4 Å². The third kappa shape index (κ3) is 2.04. The zero-order valence-electron chi connectivity index (χ0n) is 10.2. The number of anilines is 1. The highest BCUT2D eigenvalue weighted by molar-refractivity contribution is 9.10. The lowest BCUT2D eigenvalue weighted by atomic mass is 10.2. The summed E-state index contributed by atoms with van der Waals surface area (Å²) in [4.78, 5) is 0. The van der Waals surface area contributed by atoms with E-state index in [-0.39, 0.29) is 0 Å². The lowest BCUT2D eigenvalue weighted by molar-refractivity contribution is 0.415. The number of nitrogens with two attached hydrogens (primary N) is 1. The van der Waals surface area contributed by atoms with Crippen molar-refractivity contribution in [1.82, 2.24) is 14.6 Å².